The lowest BCUT2D eigenvalue weighted by Gasteiger charge is -2.21. The molecular formula is C42H39NO7. The molecule has 8 heteroatoms. The van der Waals surface area contributed by atoms with Gasteiger partial charge >= 0.3 is 5.97 Å². The quantitative estimate of drug-likeness (QED) is 0.0630. The van der Waals surface area contributed by atoms with Crippen molar-refractivity contribution in [1.82, 2.24) is 0 Å². The van der Waals surface area contributed by atoms with E-state index in [1.807, 2.05) is 91.9 Å². The van der Waals surface area contributed by atoms with Crippen molar-refractivity contribution < 1.29 is 33.3 Å². The first-order valence-electron chi connectivity index (χ1n) is 17.1. The van der Waals surface area contributed by atoms with E-state index in [1.165, 1.54) is 0 Å². The predicted molar refractivity (Wildman–Crippen MR) is 192 cm³/mol. The van der Waals surface area contributed by atoms with E-state index in [2.05, 4.69) is 0 Å². The molecule has 2 unspecified atom stereocenters. The third-order valence-corrected chi connectivity index (χ3v) is 8.77. The van der Waals surface area contributed by atoms with Crippen molar-refractivity contribution in [3.63, 3.8) is 0 Å². The van der Waals surface area contributed by atoms with Crippen molar-refractivity contribution in [2.45, 2.75) is 32.0 Å². The van der Waals surface area contributed by atoms with Crippen LogP contribution in [-0.4, -0.2) is 57.1 Å². The molecule has 0 spiro atoms. The third-order valence-electron chi connectivity index (χ3n) is 8.77. The lowest BCUT2D eigenvalue weighted by Crippen LogP contribution is -2.30. The first-order chi connectivity index (χ1) is 24.5. The summed E-state index contributed by atoms with van der Waals surface area (Å²) >= 11 is 0. The second-order valence-electron chi connectivity index (χ2n) is 12.3. The highest BCUT2D eigenvalue weighted by Gasteiger charge is 2.22. The molecule has 2 aliphatic rings. The molecule has 0 bridgehead atoms. The SMILES string of the molecule is CCN(C(=O)c1ccc(-c2ccc(OCCC3CO3)cc2)cc1)c1ccc(OC(=O)c2ccc(-c3ccc(OCCC4CO4)cc3)cc2)cc1. The summed E-state index contributed by atoms with van der Waals surface area (Å²) in [5, 5.41) is 0. The van der Waals surface area contributed by atoms with Crippen LogP contribution in [0.3, 0.4) is 0 Å². The van der Waals surface area contributed by atoms with Crippen molar-refractivity contribution in [3.05, 3.63) is 132 Å². The fraction of sp³-hybridized carbons (Fsp3) is 0.238. The number of epoxide rings is 2. The van der Waals surface area contributed by atoms with E-state index in [0.717, 1.165) is 59.8 Å². The highest BCUT2D eigenvalue weighted by Crippen LogP contribution is 2.27. The van der Waals surface area contributed by atoms with E-state index in [0.29, 0.717) is 54.5 Å². The maximum Gasteiger partial charge on any atom is 0.343 e. The van der Waals surface area contributed by atoms with Crippen LogP contribution in [0, 0.1) is 0 Å². The molecule has 254 valence electrons. The number of benzene rings is 5. The van der Waals surface area contributed by atoms with Crippen LogP contribution < -0.4 is 19.1 Å². The molecule has 0 saturated carbocycles. The highest BCUT2D eigenvalue weighted by atomic mass is 16.6. The van der Waals surface area contributed by atoms with Gasteiger partial charge in [0.05, 0.1) is 44.2 Å². The number of ether oxygens (including phenoxy) is 5. The molecule has 5 aromatic carbocycles. The summed E-state index contributed by atoms with van der Waals surface area (Å²) in [6, 6.07) is 37.7. The van der Waals surface area contributed by atoms with Gasteiger partial charge in [0.2, 0.25) is 0 Å². The monoisotopic (exact) mass is 669 g/mol. The summed E-state index contributed by atoms with van der Waals surface area (Å²) in [6.07, 6.45) is 2.52. The number of carbonyl (C=O) groups excluding carboxylic acids is 2. The number of rotatable bonds is 15. The van der Waals surface area contributed by atoms with Crippen molar-refractivity contribution in [3.8, 4) is 39.5 Å². The molecule has 5 aromatic rings. The molecule has 1 amide bonds. The summed E-state index contributed by atoms with van der Waals surface area (Å²) in [7, 11) is 0. The number of esters is 1. The van der Waals surface area contributed by atoms with Crippen LogP contribution in [0.5, 0.6) is 17.2 Å². The Hall–Kier alpha value is -5.44. The van der Waals surface area contributed by atoms with Crippen LogP contribution in [-0.2, 0) is 9.47 Å². The van der Waals surface area contributed by atoms with E-state index >= 15 is 0 Å². The molecule has 2 aliphatic heterocycles. The summed E-state index contributed by atoms with van der Waals surface area (Å²) < 4.78 is 27.7. The number of hydrogen-bond donors (Lipinski definition) is 0. The zero-order valence-corrected chi connectivity index (χ0v) is 28.0. The second kappa shape index (κ2) is 15.4. The molecule has 50 heavy (non-hydrogen) atoms. The van der Waals surface area contributed by atoms with E-state index < -0.39 is 5.97 Å². The third kappa shape index (κ3) is 8.58. The van der Waals surface area contributed by atoms with Crippen LogP contribution in [0.1, 0.15) is 40.5 Å². The average Bonchev–Trinajstić information content (AvgIpc) is 4.11. The number of nitrogens with zero attached hydrogens (tertiary/aromatic N) is 1. The van der Waals surface area contributed by atoms with Crippen LogP contribution in [0.4, 0.5) is 5.69 Å². The molecule has 0 aromatic heterocycles. The zero-order valence-electron chi connectivity index (χ0n) is 28.0. The minimum Gasteiger partial charge on any atom is -0.493 e. The first-order valence-corrected chi connectivity index (χ1v) is 17.1. The Kier molecular flexibility index (Phi) is 10.2. The Morgan fingerprint density at radius 3 is 1.40 bits per heavy atom. The Labute approximate surface area is 292 Å². The molecule has 2 atom stereocenters. The smallest absolute Gasteiger partial charge is 0.343 e. The van der Waals surface area contributed by atoms with E-state index in [4.69, 9.17) is 23.7 Å². The second-order valence-corrected chi connectivity index (χ2v) is 12.3. The topological polar surface area (TPSA) is 90.1 Å². The standard InChI is InChI=1S/C42H39NO7/c1-2-43(41(44)33-7-3-29(4-8-33)31-11-17-36(18-12-31)46-25-23-39-27-48-39)35-15-21-38(22-16-35)50-42(45)34-9-5-30(6-10-34)32-13-19-37(20-14-32)47-26-24-40-28-49-40/h3-22,39-40H,2,23-28H2,1H3. The van der Waals surface area contributed by atoms with Gasteiger partial charge in [0.1, 0.15) is 17.2 Å². The van der Waals surface area contributed by atoms with Gasteiger partial charge in [-0.3, -0.25) is 4.79 Å². The molecule has 0 radical (unpaired) electrons. The fourth-order valence-corrected chi connectivity index (χ4v) is 5.64. The van der Waals surface area contributed by atoms with Gasteiger partial charge in [-0.1, -0.05) is 48.5 Å². The maximum absolute atomic E-state index is 13.5. The molecular weight excluding hydrogens is 630 g/mol. The van der Waals surface area contributed by atoms with Crippen molar-refractivity contribution in [2.75, 3.05) is 37.9 Å². The van der Waals surface area contributed by atoms with Crippen LogP contribution in [0.15, 0.2) is 121 Å². The number of amides is 1. The van der Waals surface area contributed by atoms with Gasteiger partial charge in [0.15, 0.2) is 0 Å². The molecule has 8 nitrogen and oxygen atoms in total. The number of hydrogen-bond acceptors (Lipinski definition) is 7. The molecule has 2 heterocycles. The number of carbonyl (C=O) groups is 2. The fourth-order valence-electron chi connectivity index (χ4n) is 5.64. The van der Waals surface area contributed by atoms with Gasteiger partial charge in [0, 0.05) is 30.6 Å². The van der Waals surface area contributed by atoms with E-state index in [-0.39, 0.29) is 5.91 Å². The predicted octanol–water partition coefficient (Wildman–Crippen LogP) is 8.24. The molecule has 2 saturated heterocycles. The van der Waals surface area contributed by atoms with Crippen LogP contribution >= 0.6 is 0 Å². The Morgan fingerprint density at radius 2 is 0.980 bits per heavy atom. The Bertz CT molecular complexity index is 1880. The van der Waals surface area contributed by atoms with Crippen molar-refractivity contribution >= 4 is 17.6 Å². The average molecular weight is 670 g/mol. The minimum atomic E-state index is -0.456. The number of anilines is 1. The maximum atomic E-state index is 13.5. The van der Waals surface area contributed by atoms with Gasteiger partial charge in [-0.15, -0.1) is 0 Å². The van der Waals surface area contributed by atoms with Crippen molar-refractivity contribution in [1.29, 1.82) is 0 Å². The van der Waals surface area contributed by atoms with E-state index in [1.54, 1.807) is 41.3 Å². The zero-order chi connectivity index (χ0) is 34.3. The minimum absolute atomic E-state index is 0.113. The van der Waals surface area contributed by atoms with Gasteiger partial charge < -0.3 is 28.6 Å². The van der Waals surface area contributed by atoms with Crippen LogP contribution in [0.2, 0.25) is 0 Å². The van der Waals surface area contributed by atoms with Gasteiger partial charge in [-0.05, 0) is 102 Å². The lowest BCUT2D eigenvalue weighted by atomic mass is 10.0. The largest absolute Gasteiger partial charge is 0.493 e. The summed E-state index contributed by atoms with van der Waals surface area (Å²) in [6.45, 7) is 5.36. The molecule has 7 rings (SSSR count). The van der Waals surface area contributed by atoms with Gasteiger partial charge in [0.25, 0.3) is 5.91 Å². The molecule has 2 fully saturated rings. The lowest BCUT2D eigenvalue weighted by molar-refractivity contribution is 0.0734. The van der Waals surface area contributed by atoms with Gasteiger partial charge in [-0.25, -0.2) is 4.79 Å². The van der Waals surface area contributed by atoms with Crippen molar-refractivity contribution in [2.24, 2.45) is 0 Å². The molecule has 0 N–H and O–H groups in total. The normalized spacial score (nSPS) is 15.9. The van der Waals surface area contributed by atoms with Gasteiger partial charge in [-0.2, -0.15) is 0 Å². The Balaban J connectivity index is 0.917. The summed E-state index contributed by atoms with van der Waals surface area (Å²) in [5.74, 6) is 1.48. The summed E-state index contributed by atoms with van der Waals surface area (Å²) in [4.78, 5) is 28.1. The molecule has 0 aliphatic carbocycles. The first kappa shape index (κ1) is 33.1. The van der Waals surface area contributed by atoms with Crippen LogP contribution in [0.25, 0.3) is 22.3 Å². The highest BCUT2D eigenvalue weighted by molar-refractivity contribution is 6.06. The summed E-state index contributed by atoms with van der Waals surface area (Å²) in [5.41, 5.74) is 5.80. The van der Waals surface area contributed by atoms with E-state index in [9.17, 15) is 9.59 Å². The Morgan fingerprint density at radius 1 is 0.580 bits per heavy atom.